The molecule has 1 atom stereocenters. The predicted octanol–water partition coefficient (Wildman–Crippen LogP) is 9.85. The number of benzene rings is 4. The number of para-hydroxylation sites is 3. The van der Waals surface area contributed by atoms with Gasteiger partial charge in [0.05, 0.1) is 17.1 Å². The van der Waals surface area contributed by atoms with Crippen molar-refractivity contribution in [1.82, 2.24) is 0 Å². The summed E-state index contributed by atoms with van der Waals surface area (Å²) in [4.78, 5) is 0. The van der Waals surface area contributed by atoms with Crippen LogP contribution in [-0.4, -0.2) is 0 Å². The maximum Gasteiger partial charge on any atom is 0.138 e. The highest BCUT2D eigenvalue weighted by Gasteiger charge is 2.43. The van der Waals surface area contributed by atoms with Crippen LogP contribution in [0.4, 0.5) is 22.7 Å². The van der Waals surface area contributed by atoms with Crippen molar-refractivity contribution >= 4 is 31.0 Å². The first-order valence-corrected chi connectivity index (χ1v) is 13.6. The lowest BCUT2D eigenvalue weighted by Crippen LogP contribution is -2.17. The van der Waals surface area contributed by atoms with E-state index in [9.17, 15) is 0 Å². The molecule has 0 radical (unpaired) electrons. The smallest absolute Gasteiger partial charge is 0.138 e. The third-order valence-corrected chi connectivity index (χ3v) is 9.69. The average Bonchev–Trinajstić information content (AvgIpc) is 3.38. The van der Waals surface area contributed by atoms with Crippen molar-refractivity contribution in [2.75, 3.05) is 9.34 Å². The molecular weight excluding hydrogens is 455 g/mol. The number of nitrogens with zero attached hydrogens (tertiary/aromatic N) is 2. The lowest BCUT2D eigenvalue weighted by Gasteiger charge is -2.34. The van der Waals surface area contributed by atoms with E-state index in [-0.39, 0.29) is 5.41 Å². The molecule has 2 aliphatic rings. The van der Waals surface area contributed by atoms with E-state index >= 15 is 0 Å². The molecular formula is C33H29N2P. The molecule has 0 bridgehead atoms. The van der Waals surface area contributed by atoms with E-state index in [1.807, 2.05) is 12.2 Å². The summed E-state index contributed by atoms with van der Waals surface area (Å²) in [7, 11) is -1.01. The Morgan fingerprint density at radius 3 is 2.03 bits per heavy atom. The van der Waals surface area contributed by atoms with Crippen LogP contribution in [-0.2, 0) is 5.41 Å². The van der Waals surface area contributed by atoms with E-state index in [1.165, 1.54) is 45.0 Å². The Labute approximate surface area is 215 Å². The molecule has 0 fully saturated rings. The Morgan fingerprint density at radius 2 is 1.31 bits per heavy atom. The summed E-state index contributed by atoms with van der Waals surface area (Å²) in [6.07, 6.45) is 5.97. The van der Waals surface area contributed by atoms with Gasteiger partial charge < -0.3 is 0 Å². The van der Waals surface area contributed by atoms with Crippen LogP contribution in [0, 0.1) is 0 Å². The molecule has 0 aromatic heterocycles. The number of hydrogen-bond acceptors (Lipinski definition) is 2. The summed E-state index contributed by atoms with van der Waals surface area (Å²) < 4.78 is 5.03. The van der Waals surface area contributed by atoms with E-state index < -0.39 is 8.22 Å². The Kier molecular flexibility index (Phi) is 5.43. The molecule has 36 heavy (non-hydrogen) atoms. The van der Waals surface area contributed by atoms with Gasteiger partial charge >= 0.3 is 0 Å². The maximum atomic E-state index is 4.22. The van der Waals surface area contributed by atoms with Gasteiger partial charge in [-0.2, -0.15) is 0 Å². The second kappa shape index (κ2) is 8.66. The quantitative estimate of drug-likeness (QED) is 0.205. The van der Waals surface area contributed by atoms with Gasteiger partial charge in [-0.3, -0.25) is 9.34 Å². The lowest BCUT2D eigenvalue weighted by atomic mass is 9.82. The fourth-order valence-electron chi connectivity index (χ4n) is 5.65. The van der Waals surface area contributed by atoms with Gasteiger partial charge in [0.2, 0.25) is 0 Å². The van der Waals surface area contributed by atoms with Gasteiger partial charge in [0.1, 0.15) is 8.22 Å². The monoisotopic (exact) mass is 484 g/mol. The third kappa shape index (κ3) is 3.22. The number of rotatable bonds is 5. The normalized spacial score (nSPS) is 17.4. The summed E-state index contributed by atoms with van der Waals surface area (Å²) in [6, 6.07) is 35.1. The zero-order chi connectivity index (χ0) is 24.9. The number of hydrogen-bond donors (Lipinski definition) is 0. The van der Waals surface area contributed by atoms with E-state index in [0.29, 0.717) is 0 Å². The Balaban J connectivity index is 1.67. The third-order valence-electron chi connectivity index (χ3n) is 7.26. The van der Waals surface area contributed by atoms with Crippen LogP contribution in [0.3, 0.4) is 0 Å². The predicted molar refractivity (Wildman–Crippen MR) is 157 cm³/mol. The molecule has 0 amide bonds. The molecule has 1 aliphatic heterocycles. The first-order chi connectivity index (χ1) is 17.6. The van der Waals surface area contributed by atoms with E-state index in [2.05, 4.69) is 139 Å². The van der Waals surface area contributed by atoms with Crippen LogP contribution in [0.5, 0.6) is 0 Å². The highest BCUT2D eigenvalue weighted by molar-refractivity contribution is 7.67. The molecule has 3 heteroatoms. The van der Waals surface area contributed by atoms with Gasteiger partial charge in [-0.05, 0) is 47.0 Å². The minimum absolute atomic E-state index is 0.0543. The van der Waals surface area contributed by atoms with Crippen LogP contribution < -0.4 is 9.34 Å². The van der Waals surface area contributed by atoms with Crippen LogP contribution >= 0.6 is 8.22 Å². The van der Waals surface area contributed by atoms with Gasteiger partial charge in [-0.15, -0.1) is 0 Å². The van der Waals surface area contributed by atoms with Crippen molar-refractivity contribution in [3.05, 3.63) is 145 Å². The van der Waals surface area contributed by atoms with Gasteiger partial charge in [-0.1, -0.05) is 112 Å². The Bertz CT molecular complexity index is 1520. The molecule has 2 nitrogen and oxygen atoms in total. The molecule has 1 heterocycles. The van der Waals surface area contributed by atoms with Crippen molar-refractivity contribution in [3.8, 4) is 11.1 Å². The second-order valence-corrected chi connectivity index (χ2v) is 11.5. The van der Waals surface area contributed by atoms with Crippen molar-refractivity contribution < 1.29 is 0 Å². The minimum atomic E-state index is -1.01. The largest absolute Gasteiger partial charge is 0.297 e. The SMILES string of the molecule is C=C/C=C(\C=C)P1N(c2ccccc2)c2ccccc2N1c1cccc2c1-c1ccccc1C2(C)C. The van der Waals surface area contributed by atoms with E-state index in [1.54, 1.807) is 0 Å². The summed E-state index contributed by atoms with van der Waals surface area (Å²) in [5, 5.41) is 1.16. The summed E-state index contributed by atoms with van der Waals surface area (Å²) in [5.41, 5.74) is 10.2. The van der Waals surface area contributed by atoms with Crippen molar-refractivity contribution in [3.63, 3.8) is 0 Å². The van der Waals surface area contributed by atoms with Crippen molar-refractivity contribution in [2.24, 2.45) is 0 Å². The zero-order valence-electron chi connectivity index (χ0n) is 20.7. The molecule has 176 valence electrons. The maximum absolute atomic E-state index is 4.22. The highest BCUT2D eigenvalue weighted by Crippen LogP contribution is 2.70. The molecule has 1 unspecified atom stereocenters. The minimum Gasteiger partial charge on any atom is -0.297 e. The first-order valence-electron chi connectivity index (χ1n) is 12.3. The molecule has 0 spiro atoms. The first kappa shape index (κ1) is 22.6. The van der Waals surface area contributed by atoms with Gasteiger partial charge in [0, 0.05) is 22.0 Å². The molecule has 4 aromatic carbocycles. The average molecular weight is 485 g/mol. The second-order valence-electron chi connectivity index (χ2n) is 9.64. The van der Waals surface area contributed by atoms with Crippen molar-refractivity contribution in [2.45, 2.75) is 19.3 Å². The summed E-state index contributed by atoms with van der Waals surface area (Å²) >= 11 is 0. The lowest BCUT2D eigenvalue weighted by molar-refractivity contribution is 0.660. The van der Waals surface area contributed by atoms with E-state index in [4.69, 9.17) is 0 Å². The van der Waals surface area contributed by atoms with Crippen LogP contribution in [0.1, 0.15) is 25.0 Å². The molecule has 4 aromatic rings. The van der Waals surface area contributed by atoms with E-state index in [0.717, 1.165) is 5.31 Å². The van der Waals surface area contributed by atoms with Crippen LogP contribution in [0.15, 0.2) is 134 Å². The Hall–Kier alpha value is -3.87. The number of anilines is 4. The van der Waals surface area contributed by atoms with Gasteiger partial charge in [-0.25, -0.2) is 0 Å². The highest BCUT2D eigenvalue weighted by atomic mass is 31.1. The fraction of sp³-hybridized carbons (Fsp3) is 0.0909. The molecule has 0 N–H and O–H groups in total. The summed E-state index contributed by atoms with van der Waals surface area (Å²) in [6.45, 7) is 12.9. The zero-order valence-corrected chi connectivity index (χ0v) is 21.6. The van der Waals surface area contributed by atoms with Gasteiger partial charge in [0.15, 0.2) is 0 Å². The van der Waals surface area contributed by atoms with Crippen molar-refractivity contribution in [1.29, 1.82) is 0 Å². The molecule has 0 saturated heterocycles. The molecule has 6 rings (SSSR count). The summed E-state index contributed by atoms with van der Waals surface area (Å²) in [5.74, 6) is 0. The van der Waals surface area contributed by atoms with Crippen LogP contribution in [0.25, 0.3) is 11.1 Å². The molecule has 1 aliphatic carbocycles. The van der Waals surface area contributed by atoms with Crippen LogP contribution in [0.2, 0.25) is 0 Å². The van der Waals surface area contributed by atoms with Gasteiger partial charge in [0.25, 0.3) is 0 Å². The molecule has 0 saturated carbocycles. The number of allylic oxidation sites excluding steroid dienone is 4. The topological polar surface area (TPSA) is 6.48 Å². The standard InChI is InChI=1S/C33H29N2P/c1-5-15-25(6-2)36-34(24-16-8-7-9-17-24)29-21-12-13-22-30(29)35(36)31-23-14-20-28-32(31)26-18-10-11-19-27(26)33(28,3)4/h5-23H,1-2H2,3-4H3/b25-15+. The fourth-order valence-corrected chi connectivity index (χ4v) is 8.16. The Morgan fingerprint density at radius 1 is 0.694 bits per heavy atom. The number of fused-ring (bicyclic) bond motifs is 4.